The molecule has 152 valence electrons. The van der Waals surface area contributed by atoms with Gasteiger partial charge in [0, 0.05) is 79.2 Å². The molecule has 0 saturated carbocycles. The lowest BCUT2D eigenvalue weighted by atomic mass is 10.1. The summed E-state index contributed by atoms with van der Waals surface area (Å²) < 4.78 is 0. The number of hydrogen-bond donors (Lipinski definition) is 1. The highest BCUT2D eigenvalue weighted by molar-refractivity contribution is 5.83. The van der Waals surface area contributed by atoms with Crippen LogP contribution in [0.15, 0.2) is 67.4 Å². The smallest absolute Gasteiger partial charge is 0.225 e. The fourth-order valence-corrected chi connectivity index (χ4v) is 4.17. The van der Waals surface area contributed by atoms with Crippen molar-refractivity contribution in [3.05, 3.63) is 72.9 Å². The summed E-state index contributed by atoms with van der Waals surface area (Å²) in [6.45, 7) is 5.19. The lowest BCUT2D eigenvalue weighted by Gasteiger charge is -2.34. The molecule has 1 fully saturated rings. The summed E-state index contributed by atoms with van der Waals surface area (Å²) in [6, 6.07) is 12.5. The molecule has 30 heavy (non-hydrogen) atoms. The van der Waals surface area contributed by atoms with Crippen molar-refractivity contribution in [2.45, 2.75) is 12.8 Å². The molecule has 1 aliphatic heterocycles. The second kappa shape index (κ2) is 8.63. The molecule has 1 N–H and O–H groups in total. The quantitative estimate of drug-likeness (QED) is 0.536. The van der Waals surface area contributed by atoms with Crippen molar-refractivity contribution in [2.75, 3.05) is 37.6 Å². The predicted octanol–water partition coefficient (Wildman–Crippen LogP) is 3.77. The number of aromatic amines is 1. The number of benzene rings is 1. The van der Waals surface area contributed by atoms with Gasteiger partial charge in [-0.25, -0.2) is 9.97 Å². The number of para-hydroxylation sites is 1. The normalized spacial score (nSPS) is 15.0. The molecule has 0 bridgehead atoms. The molecular weight excluding hydrogens is 372 g/mol. The summed E-state index contributed by atoms with van der Waals surface area (Å²) in [6.07, 6.45) is 11.9. The monoisotopic (exact) mass is 398 g/mol. The van der Waals surface area contributed by atoms with E-state index in [4.69, 9.17) is 0 Å². The zero-order chi connectivity index (χ0) is 20.2. The highest BCUT2D eigenvalue weighted by Gasteiger charge is 2.18. The first-order valence-corrected chi connectivity index (χ1v) is 10.6. The van der Waals surface area contributed by atoms with E-state index in [1.807, 2.05) is 30.7 Å². The minimum Gasteiger partial charge on any atom is -0.361 e. The molecule has 3 aromatic heterocycles. The van der Waals surface area contributed by atoms with Gasteiger partial charge in [0.2, 0.25) is 5.95 Å². The Bertz CT molecular complexity index is 1080. The maximum atomic E-state index is 4.59. The molecule has 0 amide bonds. The van der Waals surface area contributed by atoms with Crippen molar-refractivity contribution in [1.82, 2.24) is 24.8 Å². The molecule has 4 aromatic rings. The third-order valence-electron chi connectivity index (χ3n) is 5.88. The van der Waals surface area contributed by atoms with Gasteiger partial charge in [0.25, 0.3) is 0 Å². The summed E-state index contributed by atoms with van der Waals surface area (Å²) >= 11 is 0. The van der Waals surface area contributed by atoms with E-state index in [1.54, 1.807) is 6.20 Å². The molecule has 6 heteroatoms. The first kappa shape index (κ1) is 18.8. The fraction of sp³-hybridized carbons (Fsp3) is 0.292. The van der Waals surface area contributed by atoms with Gasteiger partial charge in [0.1, 0.15) is 0 Å². The molecule has 4 heterocycles. The van der Waals surface area contributed by atoms with E-state index in [9.17, 15) is 0 Å². The number of nitrogens with one attached hydrogen (secondary N) is 1. The van der Waals surface area contributed by atoms with Crippen molar-refractivity contribution >= 4 is 16.9 Å². The minimum absolute atomic E-state index is 0.820. The van der Waals surface area contributed by atoms with Gasteiger partial charge in [-0.1, -0.05) is 24.3 Å². The minimum atomic E-state index is 0.820. The second-order valence-electron chi connectivity index (χ2n) is 7.81. The average molecular weight is 399 g/mol. The number of aromatic nitrogens is 4. The number of rotatable bonds is 6. The van der Waals surface area contributed by atoms with Crippen molar-refractivity contribution in [3.8, 4) is 11.1 Å². The third-order valence-corrected chi connectivity index (χ3v) is 5.88. The van der Waals surface area contributed by atoms with Gasteiger partial charge in [0.15, 0.2) is 0 Å². The molecule has 5 rings (SSSR count). The van der Waals surface area contributed by atoms with Crippen molar-refractivity contribution in [1.29, 1.82) is 0 Å². The van der Waals surface area contributed by atoms with Gasteiger partial charge < -0.3 is 9.88 Å². The molecular formula is C24H26N6. The van der Waals surface area contributed by atoms with E-state index >= 15 is 0 Å². The number of H-pyrrole nitrogens is 1. The van der Waals surface area contributed by atoms with Gasteiger partial charge in [-0.05, 0) is 37.1 Å². The van der Waals surface area contributed by atoms with Crippen LogP contribution in [0.1, 0.15) is 12.0 Å². The van der Waals surface area contributed by atoms with E-state index in [0.717, 1.165) is 56.2 Å². The first-order chi connectivity index (χ1) is 14.9. The van der Waals surface area contributed by atoms with Crippen LogP contribution < -0.4 is 4.90 Å². The van der Waals surface area contributed by atoms with E-state index in [1.165, 1.54) is 22.9 Å². The molecule has 1 aromatic carbocycles. The Morgan fingerprint density at radius 2 is 1.70 bits per heavy atom. The number of aryl methyl sites for hydroxylation is 1. The molecule has 0 unspecified atom stereocenters. The van der Waals surface area contributed by atoms with Gasteiger partial charge in [0.05, 0.1) is 0 Å². The summed E-state index contributed by atoms with van der Waals surface area (Å²) in [4.78, 5) is 21.6. The largest absolute Gasteiger partial charge is 0.361 e. The van der Waals surface area contributed by atoms with Crippen LogP contribution in [0.4, 0.5) is 5.95 Å². The topological polar surface area (TPSA) is 60.9 Å². The predicted molar refractivity (Wildman–Crippen MR) is 121 cm³/mol. The number of nitrogens with zero attached hydrogens (tertiary/aromatic N) is 5. The second-order valence-corrected chi connectivity index (χ2v) is 7.81. The molecule has 6 nitrogen and oxygen atoms in total. The molecule has 1 aliphatic rings. The summed E-state index contributed by atoms with van der Waals surface area (Å²) in [7, 11) is 0. The number of hydrogen-bond acceptors (Lipinski definition) is 5. The van der Waals surface area contributed by atoms with Crippen molar-refractivity contribution < 1.29 is 0 Å². The number of pyridine rings is 1. The highest BCUT2D eigenvalue weighted by Crippen LogP contribution is 2.20. The molecule has 0 atom stereocenters. The van der Waals surface area contributed by atoms with Crippen LogP contribution in [0.3, 0.4) is 0 Å². The van der Waals surface area contributed by atoms with Crippen molar-refractivity contribution in [3.63, 3.8) is 0 Å². The van der Waals surface area contributed by atoms with E-state index in [0.29, 0.717) is 0 Å². The molecule has 0 radical (unpaired) electrons. The Labute approximate surface area is 176 Å². The van der Waals surface area contributed by atoms with E-state index in [2.05, 4.69) is 60.2 Å². The van der Waals surface area contributed by atoms with Crippen LogP contribution in [0.25, 0.3) is 22.0 Å². The Morgan fingerprint density at radius 3 is 2.50 bits per heavy atom. The van der Waals surface area contributed by atoms with Crippen LogP contribution in [0, 0.1) is 0 Å². The molecule has 1 saturated heterocycles. The van der Waals surface area contributed by atoms with Gasteiger partial charge in [-0.3, -0.25) is 9.88 Å². The standard InChI is InChI=1S/C24H26N6/c1-2-8-23-22(7-1)20(16-26-23)6-4-10-29-11-13-30(14-12-29)24-27-17-21(18-28-24)19-5-3-9-25-15-19/h1-3,5,7-9,15-18,26H,4,6,10-14H2. The zero-order valence-electron chi connectivity index (χ0n) is 17.0. The Hall–Kier alpha value is -3.25. The molecule has 0 spiro atoms. The summed E-state index contributed by atoms with van der Waals surface area (Å²) in [5.74, 6) is 0.820. The van der Waals surface area contributed by atoms with Gasteiger partial charge >= 0.3 is 0 Å². The Balaban J connectivity index is 1.11. The van der Waals surface area contributed by atoms with E-state index < -0.39 is 0 Å². The van der Waals surface area contributed by atoms with Crippen LogP contribution in [-0.2, 0) is 6.42 Å². The van der Waals surface area contributed by atoms with Crippen LogP contribution in [0.2, 0.25) is 0 Å². The summed E-state index contributed by atoms with van der Waals surface area (Å²) in [5.41, 5.74) is 4.70. The van der Waals surface area contributed by atoms with Crippen LogP contribution >= 0.6 is 0 Å². The lowest BCUT2D eigenvalue weighted by Crippen LogP contribution is -2.47. The first-order valence-electron chi connectivity index (χ1n) is 10.6. The van der Waals surface area contributed by atoms with Gasteiger partial charge in [-0.2, -0.15) is 0 Å². The highest BCUT2D eigenvalue weighted by atomic mass is 15.3. The zero-order valence-corrected chi connectivity index (χ0v) is 17.0. The number of anilines is 1. The number of fused-ring (bicyclic) bond motifs is 1. The van der Waals surface area contributed by atoms with Crippen molar-refractivity contribution in [2.24, 2.45) is 0 Å². The average Bonchev–Trinajstić information content (AvgIpc) is 3.23. The third kappa shape index (κ3) is 4.04. The maximum absolute atomic E-state index is 4.59. The maximum Gasteiger partial charge on any atom is 0.225 e. The fourth-order valence-electron chi connectivity index (χ4n) is 4.17. The van der Waals surface area contributed by atoms with Crippen LogP contribution in [-0.4, -0.2) is 57.6 Å². The van der Waals surface area contributed by atoms with Crippen LogP contribution in [0.5, 0.6) is 0 Å². The SMILES string of the molecule is c1cncc(-c2cnc(N3CCN(CCCc4c[nH]c5ccccc45)CC3)nc2)c1. The number of piperazine rings is 1. The molecule has 0 aliphatic carbocycles. The van der Waals surface area contributed by atoms with Gasteiger partial charge in [-0.15, -0.1) is 0 Å². The Morgan fingerprint density at radius 1 is 0.867 bits per heavy atom. The lowest BCUT2D eigenvalue weighted by molar-refractivity contribution is 0.254. The summed E-state index contributed by atoms with van der Waals surface area (Å²) in [5, 5.41) is 1.36. The Kier molecular flexibility index (Phi) is 5.40. The van der Waals surface area contributed by atoms with E-state index in [-0.39, 0.29) is 0 Å².